The Morgan fingerprint density at radius 3 is 2.95 bits per heavy atom. The lowest BCUT2D eigenvalue weighted by molar-refractivity contribution is 0.143. The molecule has 0 amide bonds. The van der Waals surface area contributed by atoms with Crippen LogP contribution in [0.15, 0.2) is 22.7 Å². The Kier molecular flexibility index (Phi) is 5.87. The van der Waals surface area contributed by atoms with E-state index in [-0.39, 0.29) is 0 Å². The quantitative estimate of drug-likeness (QED) is 0.886. The second-order valence-electron chi connectivity index (χ2n) is 5.63. The molecule has 3 nitrogen and oxygen atoms in total. The first-order chi connectivity index (χ1) is 9.65. The van der Waals surface area contributed by atoms with Gasteiger partial charge >= 0.3 is 0 Å². The molecule has 0 aliphatic carbocycles. The standard InChI is InChI=1S/C16H25BrN2O/c1-12(18-2)15-7-6-14(9-16(15)17)19-8-4-5-13(10-19)11-20-3/h6-7,9,12-13,18H,4-5,8,10-11H2,1-3H3. The fraction of sp³-hybridized carbons (Fsp3) is 0.625. The summed E-state index contributed by atoms with van der Waals surface area (Å²) >= 11 is 3.71. The number of anilines is 1. The fourth-order valence-electron chi connectivity index (χ4n) is 2.89. The van der Waals surface area contributed by atoms with Crippen LogP contribution < -0.4 is 10.2 Å². The van der Waals surface area contributed by atoms with E-state index in [1.54, 1.807) is 7.11 Å². The number of ether oxygens (including phenoxy) is 1. The first kappa shape index (κ1) is 15.8. The van der Waals surface area contributed by atoms with Crippen LogP contribution >= 0.6 is 15.9 Å². The van der Waals surface area contributed by atoms with Gasteiger partial charge in [0.15, 0.2) is 0 Å². The van der Waals surface area contributed by atoms with Crippen LogP contribution in [0.1, 0.15) is 31.4 Å². The lowest BCUT2D eigenvalue weighted by atomic mass is 9.98. The smallest absolute Gasteiger partial charge is 0.0507 e. The molecule has 0 saturated carbocycles. The van der Waals surface area contributed by atoms with Gasteiger partial charge < -0.3 is 15.0 Å². The summed E-state index contributed by atoms with van der Waals surface area (Å²) in [5, 5.41) is 3.28. The average Bonchev–Trinajstić information content (AvgIpc) is 2.47. The third-order valence-electron chi connectivity index (χ3n) is 4.17. The Bertz CT molecular complexity index is 436. The number of hydrogen-bond donors (Lipinski definition) is 1. The molecule has 1 aliphatic rings. The van der Waals surface area contributed by atoms with Crippen molar-refractivity contribution >= 4 is 21.6 Å². The van der Waals surface area contributed by atoms with Gasteiger partial charge in [-0.1, -0.05) is 22.0 Å². The maximum Gasteiger partial charge on any atom is 0.0507 e. The molecule has 1 aromatic rings. The van der Waals surface area contributed by atoms with Gasteiger partial charge in [0.2, 0.25) is 0 Å². The van der Waals surface area contributed by atoms with Gasteiger partial charge in [-0.05, 0) is 50.4 Å². The monoisotopic (exact) mass is 340 g/mol. The Morgan fingerprint density at radius 1 is 1.50 bits per heavy atom. The third-order valence-corrected chi connectivity index (χ3v) is 4.86. The summed E-state index contributed by atoms with van der Waals surface area (Å²) in [4.78, 5) is 2.48. The SMILES string of the molecule is CNC(C)c1ccc(N2CCCC(COC)C2)cc1Br. The zero-order chi connectivity index (χ0) is 14.5. The van der Waals surface area contributed by atoms with Crippen LogP contribution in [0.4, 0.5) is 5.69 Å². The molecule has 1 saturated heterocycles. The molecular formula is C16H25BrN2O. The Morgan fingerprint density at radius 2 is 2.30 bits per heavy atom. The van der Waals surface area contributed by atoms with Gasteiger partial charge in [0.05, 0.1) is 6.61 Å². The number of piperidine rings is 1. The van der Waals surface area contributed by atoms with E-state index in [1.165, 1.54) is 28.6 Å². The molecule has 2 rings (SSSR count). The van der Waals surface area contributed by atoms with Gasteiger partial charge in [-0.25, -0.2) is 0 Å². The molecular weight excluding hydrogens is 316 g/mol. The molecule has 112 valence electrons. The highest BCUT2D eigenvalue weighted by Gasteiger charge is 2.20. The summed E-state index contributed by atoms with van der Waals surface area (Å²) in [5.41, 5.74) is 2.62. The van der Waals surface area contributed by atoms with Crippen LogP contribution in [0, 0.1) is 5.92 Å². The minimum absolute atomic E-state index is 0.362. The number of hydrogen-bond acceptors (Lipinski definition) is 3. The molecule has 1 aromatic carbocycles. The average molecular weight is 341 g/mol. The molecule has 2 unspecified atom stereocenters. The van der Waals surface area contributed by atoms with Crippen LogP contribution in [0.5, 0.6) is 0 Å². The number of rotatable bonds is 5. The summed E-state index contributed by atoms with van der Waals surface area (Å²) in [6.07, 6.45) is 2.53. The second kappa shape index (κ2) is 7.43. The van der Waals surface area contributed by atoms with E-state index in [2.05, 4.69) is 51.3 Å². The first-order valence-electron chi connectivity index (χ1n) is 7.36. The predicted molar refractivity (Wildman–Crippen MR) is 88.4 cm³/mol. The van der Waals surface area contributed by atoms with E-state index in [0.717, 1.165) is 19.7 Å². The molecule has 1 fully saturated rings. The maximum atomic E-state index is 5.31. The third kappa shape index (κ3) is 3.74. The molecule has 4 heteroatoms. The van der Waals surface area contributed by atoms with E-state index < -0.39 is 0 Å². The van der Waals surface area contributed by atoms with Crippen molar-refractivity contribution in [2.75, 3.05) is 38.8 Å². The van der Waals surface area contributed by atoms with E-state index in [1.807, 2.05) is 7.05 Å². The van der Waals surface area contributed by atoms with Crippen molar-refractivity contribution in [3.63, 3.8) is 0 Å². The van der Waals surface area contributed by atoms with Gasteiger partial charge in [0.25, 0.3) is 0 Å². The van der Waals surface area contributed by atoms with Crippen molar-refractivity contribution < 1.29 is 4.74 Å². The molecule has 2 atom stereocenters. The molecule has 1 aliphatic heterocycles. The number of nitrogens with one attached hydrogen (secondary N) is 1. The van der Waals surface area contributed by atoms with Gasteiger partial charge in [0.1, 0.15) is 0 Å². The summed E-state index contributed by atoms with van der Waals surface area (Å²) in [6.45, 7) is 5.29. The van der Waals surface area contributed by atoms with E-state index in [9.17, 15) is 0 Å². The topological polar surface area (TPSA) is 24.5 Å². The van der Waals surface area contributed by atoms with Crippen LogP contribution in [-0.4, -0.2) is 33.9 Å². The molecule has 0 bridgehead atoms. The Labute approximate surface area is 130 Å². The Hall–Kier alpha value is -0.580. The fourth-order valence-corrected chi connectivity index (χ4v) is 3.60. The zero-order valence-corrected chi connectivity index (χ0v) is 14.2. The molecule has 0 spiro atoms. The van der Waals surface area contributed by atoms with Crippen molar-refractivity contribution in [2.45, 2.75) is 25.8 Å². The molecule has 0 aromatic heterocycles. The number of nitrogens with zero attached hydrogens (tertiary/aromatic N) is 1. The van der Waals surface area contributed by atoms with Crippen LogP contribution in [0.2, 0.25) is 0 Å². The van der Waals surface area contributed by atoms with Crippen molar-refractivity contribution in [1.82, 2.24) is 5.32 Å². The van der Waals surface area contributed by atoms with E-state index in [4.69, 9.17) is 4.74 Å². The van der Waals surface area contributed by atoms with Crippen molar-refractivity contribution in [1.29, 1.82) is 0 Å². The van der Waals surface area contributed by atoms with Crippen molar-refractivity contribution in [2.24, 2.45) is 5.92 Å². The Balaban J connectivity index is 2.10. The minimum Gasteiger partial charge on any atom is -0.384 e. The van der Waals surface area contributed by atoms with Crippen LogP contribution in [0.3, 0.4) is 0 Å². The summed E-state index contributed by atoms with van der Waals surface area (Å²) in [5.74, 6) is 0.656. The predicted octanol–water partition coefficient (Wildman–Crippen LogP) is 3.59. The highest BCUT2D eigenvalue weighted by atomic mass is 79.9. The van der Waals surface area contributed by atoms with Gasteiger partial charge in [-0.3, -0.25) is 0 Å². The van der Waals surface area contributed by atoms with Gasteiger partial charge in [0, 0.05) is 36.4 Å². The summed E-state index contributed by atoms with van der Waals surface area (Å²) in [7, 11) is 3.79. The lowest BCUT2D eigenvalue weighted by Crippen LogP contribution is -2.37. The first-order valence-corrected chi connectivity index (χ1v) is 8.15. The van der Waals surface area contributed by atoms with Crippen LogP contribution in [-0.2, 0) is 4.74 Å². The lowest BCUT2D eigenvalue weighted by Gasteiger charge is -2.34. The molecule has 20 heavy (non-hydrogen) atoms. The van der Waals surface area contributed by atoms with Crippen molar-refractivity contribution in [3.8, 4) is 0 Å². The zero-order valence-electron chi connectivity index (χ0n) is 12.7. The molecule has 1 N–H and O–H groups in total. The molecule has 0 radical (unpaired) electrons. The normalized spacial score (nSPS) is 21.0. The molecule has 1 heterocycles. The number of halogens is 1. The summed E-state index contributed by atoms with van der Waals surface area (Å²) < 4.78 is 6.50. The maximum absolute atomic E-state index is 5.31. The number of methoxy groups -OCH3 is 1. The second-order valence-corrected chi connectivity index (χ2v) is 6.48. The highest BCUT2D eigenvalue weighted by molar-refractivity contribution is 9.10. The largest absolute Gasteiger partial charge is 0.384 e. The minimum atomic E-state index is 0.362. The van der Waals surface area contributed by atoms with Crippen molar-refractivity contribution in [3.05, 3.63) is 28.2 Å². The van der Waals surface area contributed by atoms with Crippen LogP contribution in [0.25, 0.3) is 0 Å². The van der Waals surface area contributed by atoms with Gasteiger partial charge in [-0.2, -0.15) is 0 Å². The number of benzene rings is 1. The van der Waals surface area contributed by atoms with E-state index in [0.29, 0.717) is 12.0 Å². The van der Waals surface area contributed by atoms with E-state index >= 15 is 0 Å². The highest BCUT2D eigenvalue weighted by Crippen LogP contribution is 2.30. The van der Waals surface area contributed by atoms with Gasteiger partial charge in [-0.15, -0.1) is 0 Å². The summed E-state index contributed by atoms with van der Waals surface area (Å²) in [6, 6.07) is 7.07.